The van der Waals surface area contributed by atoms with Gasteiger partial charge in [-0.15, -0.1) is 0 Å². The number of carbonyl (C=O) groups excluding carboxylic acids is 1. The first-order chi connectivity index (χ1) is 6.00. The van der Waals surface area contributed by atoms with Crippen LogP contribution in [0, 0.1) is 23.3 Å². The molecule has 0 aliphatic rings. The van der Waals surface area contributed by atoms with Gasteiger partial charge in [-0.2, -0.15) is 0 Å². The molecular formula is C7HClF4O. The Hall–Kier alpha value is -1.10. The number of hydrogen-bond acceptors (Lipinski definition) is 1. The zero-order valence-electron chi connectivity index (χ0n) is 5.88. The van der Waals surface area contributed by atoms with Gasteiger partial charge in [0.25, 0.3) is 0 Å². The average molecular weight is 213 g/mol. The van der Waals surface area contributed by atoms with E-state index in [1.807, 2.05) is 0 Å². The number of halogens is 5. The quantitative estimate of drug-likeness (QED) is 0.303. The molecule has 0 fully saturated rings. The highest BCUT2D eigenvalue weighted by Crippen LogP contribution is 2.26. The van der Waals surface area contributed by atoms with Gasteiger partial charge in [0.2, 0.25) is 0 Å². The third-order valence-electron chi connectivity index (χ3n) is 1.36. The van der Waals surface area contributed by atoms with Gasteiger partial charge < -0.3 is 0 Å². The second-order valence-corrected chi connectivity index (χ2v) is 2.48. The van der Waals surface area contributed by atoms with Gasteiger partial charge >= 0.3 is 0 Å². The maximum Gasteiger partial charge on any atom is 0.199 e. The van der Waals surface area contributed by atoms with Gasteiger partial charge in [0, 0.05) is 0 Å². The number of benzene rings is 1. The Morgan fingerprint density at radius 2 is 1.38 bits per heavy atom. The van der Waals surface area contributed by atoms with Crippen molar-refractivity contribution in [2.24, 2.45) is 0 Å². The average Bonchev–Trinajstić information content (AvgIpc) is 2.13. The minimum absolute atomic E-state index is 0.191. The Morgan fingerprint density at radius 3 is 1.85 bits per heavy atom. The molecule has 0 radical (unpaired) electrons. The van der Waals surface area contributed by atoms with E-state index in [1.54, 1.807) is 0 Å². The van der Waals surface area contributed by atoms with Crippen LogP contribution < -0.4 is 0 Å². The zero-order valence-corrected chi connectivity index (χ0v) is 6.63. The molecule has 0 saturated heterocycles. The standard InChI is InChI=1S/C7HClF4O/c8-3-2(1-13)4(9)6(11)7(12)5(3)10/h1H. The van der Waals surface area contributed by atoms with Gasteiger partial charge in [-0.1, -0.05) is 11.6 Å². The van der Waals surface area contributed by atoms with E-state index in [2.05, 4.69) is 0 Å². The molecule has 1 aromatic carbocycles. The molecule has 0 amide bonds. The van der Waals surface area contributed by atoms with Crippen molar-refractivity contribution in [2.45, 2.75) is 0 Å². The number of rotatable bonds is 1. The lowest BCUT2D eigenvalue weighted by molar-refractivity contribution is 0.111. The van der Waals surface area contributed by atoms with Crippen LogP contribution in [0.2, 0.25) is 5.02 Å². The summed E-state index contributed by atoms with van der Waals surface area (Å²) >= 11 is 5.02. The van der Waals surface area contributed by atoms with Crippen molar-refractivity contribution in [1.82, 2.24) is 0 Å². The number of aldehydes is 1. The fraction of sp³-hybridized carbons (Fsp3) is 0. The van der Waals surface area contributed by atoms with Gasteiger partial charge in [-0.25, -0.2) is 17.6 Å². The summed E-state index contributed by atoms with van der Waals surface area (Å²) in [5, 5.41) is -1.06. The molecule has 6 heteroatoms. The first-order valence-electron chi connectivity index (χ1n) is 2.97. The van der Waals surface area contributed by atoms with Crippen LogP contribution in [0.25, 0.3) is 0 Å². The second kappa shape index (κ2) is 3.33. The van der Waals surface area contributed by atoms with Crippen LogP contribution in [0.3, 0.4) is 0 Å². The van der Waals surface area contributed by atoms with Crippen LogP contribution in [0.1, 0.15) is 10.4 Å². The Morgan fingerprint density at radius 1 is 0.923 bits per heavy atom. The summed E-state index contributed by atoms with van der Waals surface area (Å²) in [6, 6.07) is 0. The van der Waals surface area contributed by atoms with Gasteiger partial charge in [0.05, 0.1) is 10.6 Å². The second-order valence-electron chi connectivity index (χ2n) is 2.10. The number of hydrogen-bond donors (Lipinski definition) is 0. The highest BCUT2D eigenvalue weighted by Gasteiger charge is 2.23. The summed E-state index contributed by atoms with van der Waals surface area (Å²) in [6.07, 6.45) is -0.191. The molecule has 0 aliphatic heterocycles. The summed E-state index contributed by atoms with van der Waals surface area (Å²) < 4.78 is 49.9. The van der Waals surface area contributed by atoms with Crippen molar-refractivity contribution in [3.63, 3.8) is 0 Å². The maximum atomic E-state index is 12.6. The molecule has 0 aromatic heterocycles. The first kappa shape index (κ1) is 9.98. The monoisotopic (exact) mass is 212 g/mol. The molecule has 1 rings (SSSR count). The van der Waals surface area contributed by atoms with E-state index in [-0.39, 0.29) is 6.29 Å². The molecule has 1 aromatic rings. The smallest absolute Gasteiger partial charge is 0.199 e. The molecule has 0 aliphatic carbocycles. The first-order valence-corrected chi connectivity index (χ1v) is 3.35. The van der Waals surface area contributed by atoms with E-state index in [0.29, 0.717) is 0 Å². The summed E-state index contributed by atoms with van der Waals surface area (Å²) in [5.41, 5.74) is -1.03. The van der Waals surface area contributed by atoms with Crippen molar-refractivity contribution in [2.75, 3.05) is 0 Å². The van der Waals surface area contributed by atoms with E-state index in [0.717, 1.165) is 0 Å². The Labute approximate surface area is 74.9 Å². The fourth-order valence-corrected chi connectivity index (χ4v) is 0.936. The molecule has 0 heterocycles. The van der Waals surface area contributed by atoms with E-state index in [9.17, 15) is 22.4 Å². The Kier molecular flexibility index (Phi) is 2.56. The molecular weight excluding hydrogens is 212 g/mol. The minimum atomic E-state index is -2.05. The van der Waals surface area contributed by atoms with E-state index in [1.165, 1.54) is 0 Å². The lowest BCUT2D eigenvalue weighted by atomic mass is 10.2. The van der Waals surface area contributed by atoms with Crippen LogP contribution in [0.15, 0.2) is 0 Å². The summed E-state index contributed by atoms with van der Waals surface area (Å²) in [4.78, 5) is 10.1. The molecule has 0 unspecified atom stereocenters. The van der Waals surface area contributed by atoms with Crippen LogP contribution in [0.4, 0.5) is 17.6 Å². The topological polar surface area (TPSA) is 17.1 Å². The van der Waals surface area contributed by atoms with Gasteiger partial charge in [-0.3, -0.25) is 4.79 Å². The van der Waals surface area contributed by atoms with E-state index >= 15 is 0 Å². The summed E-state index contributed by atoms with van der Waals surface area (Å²) in [6.45, 7) is 0. The predicted molar refractivity (Wildman–Crippen MR) is 36.7 cm³/mol. The molecule has 0 bridgehead atoms. The minimum Gasteiger partial charge on any atom is -0.298 e. The van der Waals surface area contributed by atoms with Crippen LogP contribution in [-0.4, -0.2) is 6.29 Å². The van der Waals surface area contributed by atoms with Gasteiger partial charge in [-0.05, 0) is 0 Å². The van der Waals surface area contributed by atoms with Gasteiger partial charge in [0.1, 0.15) is 0 Å². The van der Waals surface area contributed by atoms with Crippen molar-refractivity contribution in [3.8, 4) is 0 Å². The molecule has 0 atom stereocenters. The lowest BCUT2D eigenvalue weighted by Gasteiger charge is -2.02. The summed E-state index contributed by atoms with van der Waals surface area (Å²) in [5.74, 6) is -7.65. The number of carbonyl (C=O) groups is 1. The maximum absolute atomic E-state index is 12.6. The summed E-state index contributed by atoms with van der Waals surface area (Å²) in [7, 11) is 0. The molecule has 70 valence electrons. The van der Waals surface area contributed by atoms with Crippen LogP contribution in [0.5, 0.6) is 0 Å². The van der Waals surface area contributed by atoms with Crippen molar-refractivity contribution in [3.05, 3.63) is 33.9 Å². The zero-order chi connectivity index (χ0) is 10.2. The Bertz CT molecular complexity index is 348. The molecule has 13 heavy (non-hydrogen) atoms. The lowest BCUT2D eigenvalue weighted by Crippen LogP contribution is -2.02. The third-order valence-corrected chi connectivity index (χ3v) is 1.73. The van der Waals surface area contributed by atoms with Crippen molar-refractivity contribution < 1.29 is 22.4 Å². The largest absolute Gasteiger partial charge is 0.298 e. The third kappa shape index (κ3) is 1.39. The van der Waals surface area contributed by atoms with E-state index < -0.39 is 33.9 Å². The van der Waals surface area contributed by atoms with Crippen LogP contribution >= 0.6 is 11.6 Å². The molecule has 0 spiro atoms. The SMILES string of the molecule is O=Cc1c(F)c(F)c(F)c(F)c1Cl. The van der Waals surface area contributed by atoms with Crippen molar-refractivity contribution in [1.29, 1.82) is 0 Å². The Balaban J connectivity index is 3.66. The molecule has 0 saturated carbocycles. The normalized spacial score (nSPS) is 10.2. The van der Waals surface area contributed by atoms with Crippen molar-refractivity contribution >= 4 is 17.9 Å². The fourth-order valence-electron chi connectivity index (χ4n) is 0.725. The highest BCUT2D eigenvalue weighted by molar-refractivity contribution is 6.33. The van der Waals surface area contributed by atoms with E-state index in [4.69, 9.17) is 11.6 Å². The molecule has 1 nitrogen and oxygen atoms in total. The van der Waals surface area contributed by atoms with Crippen LogP contribution in [-0.2, 0) is 0 Å². The van der Waals surface area contributed by atoms with Gasteiger partial charge in [0.15, 0.2) is 29.6 Å². The highest BCUT2D eigenvalue weighted by atomic mass is 35.5. The predicted octanol–water partition coefficient (Wildman–Crippen LogP) is 2.71. The molecule has 0 N–H and O–H groups in total.